The first-order valence-electron chi connectivity index (χ1n) is 7.78. The molecule has 1 amide bonds. The summed E-state index contributed by atoms with van der Waals surface area (Å²) in [6, 6.07) is 6.48. The molecule has 1 saturated heterocycles. The summed E-state index contributed by atoms with van der Waals surface area (Å²) in [5, 5.41) is 9.18. The van der Waals surface area contributed by atoms with E-state index in [0.29, 0.717) is 11.7 Å². The van der Waals surface area contributed by atoms with E-state index in [-0.39, 0.29) is 5.91 Å². The second-order valence-electron chi connectivity index (χ2n) is 5.69. The van der Waals surface area contributed by atoms with Crippen LogP contribution in [-0.4, -0.2) is 47.3 Å². The molecule has 0 spiro atoms. The van der Waals surface area contributed by atoms with Gasteiger partial charge in [-0.25, -0.2) is 0 Å². The predicted molar refractivity (Wildman–Crippen MR) is 88.4 cm³/mol. The molecule has 0 saturated carbocycles. The van der Waals surface area contributed by atoms with Crippen molar-refractivity contribution in [2.45, 2.75) is 25.3 Å². The molecule has 0 aromatic carbocycles. The molecular formula is C16H22N4OS. The first-order chi connectivity index (χ1) is 10.8. The molecule has 3 rings (SSSR count). The lowest BCUT2D eigenvalue weighted by atomic mass is 10.1. The van der Waals surface area contributed by atoms with E-state index in [9.17, 15) is 4.79 Å². The monoisotopic (exact) mass is 318 g/mol. The minimum absolute atomic E-state index is 0.121. The lowest BCUT2D eigenvalue weighted by Crippen LogP contribution is -2.38. The van der Waals surface area contributed by atoms with E-state index in [0.717, 1.165) is 32.5 Å². The van der Waals surface area contributed by atoms with Gasteiger partial charge in [0.1, 0.15) is 5.69 Å². The first-order valence-corrected chi connectivity index (χ1v) is 8.66. The number of aromatic nitrogens is 2. The number of carbonyl (C=O) groups is 1. The van der Waals surface area contributed by atoms with E-state index in [1.54, 1.807) is 13.1 Å². The maximum Gasteiger partial charge on any atom is 0.271 e. The van der Waals surface area contributed by atoms with Gasteiger partial charge in [-0.2, -0.15) is 5.10 Å². The van der Waals surface area contributed by atoms with Gasteiger partial charge in [0, 0.05) is 31.2 Å². The number of nitrogens with one attached hydrogen (secondary N) is 1. The van der Waals surface area contributed by atoms with Gasteiger partial charge in [-0.3, -0.25) is 9.48 Å². The zero-order chi connectivity index (χ0) is 15.4. The maximum atomic E-state index is 11.6. The van der Waals surface area contributed by atoms with Crippen LogP contribution in [0.3, 0.4) is 0 Å². The van der Waals surface area contributed by atoms with E-state index in [1.807, 2.05) is 22.2 Å². The molecule has 0 bridgehead atoms. The predicted octanol–water partition coefficient (Wildman–Crippen LogP) is 2.18. The third-order valence-electron chi connectivity index (χ3n) is 4.18. The Kier molecular flexibility index (Phi) is 4.90. The van der Waals surface area contributed by atoms with Crippen LogP contribution in [0.15, 0.2) is 29.8 Å². The van der Waals surface area contributed by atoms with Crippen molar-refractivity contribution >= 4 is 17.2 Å². The number of amides is 1. The lowest BCUT2D eigenvalue weighted by Gasteiger charge is -2.32. The highest BCUT2D eigenvalue weighted by molar-refractivity contribution is 7.09. The largest absolute Gasteiger partial charge is 0.354 e. The van der Waals surface area contributed by atoms with Crippen LogP contribution < -0.4 is 5.32 Å². The van der Waals surface area contributed by atoms with Gasteiger partial charge < -0.3 is 10.2 Å². The molecule has 22 heavy (non-hydrogen) atoms. The Morgan fingerprint density at radius 3 is 3.18 bits per heavy atom. The van der Waals surface area contributed by atoms with Crippen LogP contribution in [0.1, 0.15) is 34.2 Å². The van der Waals surface area contributed by atoms with E-state index in [1.165, 1.54) is 11.3 Å². The summed E-state index contributed by atoms with van der Waals surface area (Å²) in [5.41, 5.74) is 0.498. The molecule has 2 aromatic rings. The molecular weight excluding hydrogens is 296 g/mol. The highest BCUT2D eigenvalue weighted by atomic mass is 32.1. The Labute approximate surface area is 134 Å². The van der Waals surface area contributed by atoms with Gasteiger partial charge in [-0.05, 0) is 43.3 Å². The fraction of sp³-hybridized carbons (Fsp3) is 0.500. The number of nitrogens with zero attached hydrogens (tertiary/aromatic N) is 3. The number of carbonyl (C=O) groups excluding carboxylic acids is 1. The average molecular weight is 318 g/mol. The summed E-state index contributed by atoms with van der Waals surface area (Å²) in [6.45, 7) is 3.27. The van der Waals surface area contributed by atoms with E-state index in [2.05, 4.69) is 32.8 Å². The molecule has 1 atom stereocenters. The summed E-state index contributed by atoms with van der Waals surface area (Å²) < 4.78 is 1.96. The van der Waals surface area contributed by atoms with Crippen molar-refractivity contribution in [3.63, 3.8) is 0 Å². The summed E-state index contributed by atoms with van der Waals surface area (Å²) in [7, 11) is 1.63. The topological polar surface area (TPSA) is 50.2 Å². The Hall–Kier alpha value is -1.66. The smallest absolute Gasteiger partial charge is 0.271 e. The van der Waals surface area contributed by atoms with Crippen LogP contribution in [-0.2, 0) is 6.42 Å². The Morgan fingerprint density at radius 2 is 2.41 bits per heavy atom. The van der Waals surface area contributed by atoms with Crippen LogP contribution in [0.4, 0.5) is 0 Å². The van der Waals surface area contributed by atoms with Crippen molar-refractivity contribution in [3.05, 3.63) is 40.3 Å². The second-order valence-corrected chi connectivity index (χ2v) is 6.72. The highest BCUT2D eigenvalue weighted by Crippen LogP contribution is 2.21. The van der Waals surface area contributed by atoms with Gasteiger partial charge in [-0.15, -0.1) is 11.3 Å². The van der Waals surface area contributed by atoms with Crippen LogP contribution in [0.25, 0.3) is 0 Å². The Balaban J connectivity index is 1.58. The minimum atomic E-state index is -0.121. The van der Waals surface area contributed by atoms with Crippen molar-refractivity contribution in [1.82, 2.24) is 20.0 Å². The van der Waals surface area contributed by atoms with Crippen molar-refractivity contribution in [2.24, 2.45) is 0 Å². The summed E-state index contributed by atoms with van der Waals surface area (Å²) >= 11 is 1.83. The number of rotatable bonds is 5. The molecule has 5 nitrogen and oxygen atoms in total. The van der Waals surface area contributed by atoms with E-state index >= 15 is 0 Å². The Bertz CT molecular complexity index is 607. The number of likely N-dealkylation sites (tertiary alicyclic amines) is 1. The third-order valence-corrected chi connectivity index (χ3v) is 5.11. The van der Waals surface area contributed by atoms with Gasteiger partial charge >= 0.3 is 0 Å². The molecule has 118 valence electrons. The van der Waals surface area contributed by atoms with Crippen LogP contribution in [0.2, 0.25) is 0 Å². The van der Waals surface area contributed by atoms with Crippen molar-refractivity contribution < 1.29 is 4.79 Å². The molecule has 0 radical (unpaired) electrons. The number of hydrogen-bond donors (Lipinski definition) is 1. The van der Waals surface area contributed by atoms with Crippen LogP contribution in [0, 0.1) is 0 Å². The zero-order valence-corrected chi connectivity index (χ0v) is 13.7. The molecule has 1 aliphatic rings. The molecule has 2 aromatic heterocycles. The number of piperidine rings is 1. The normalized spacial score (nSPS) is 19.2. The summed E-state index contributed by atoms with van der Waals surface area (Å²) in [5.74, 6) is -0.121. The van der Waals surface area contributed by atoms with E-state index < -0.39 is 0 Å². The standard InChI is InChI=1S/C16H22N4OS/c1-17-16(21)15-7-10-20(18-15)13-4-2-8-19(12-13)9-6-14-5-3-11-22-14/h3,5,7,10-11,13H,2,4,6,8-9,12H2,1H3,(H,17,21)/t13-/m0/s1. The maximum absolute atomic E-state index is 11.6. The minimum Gasteiger partial charge on any atom is -0.354 e. The molecule has 3 heterocycles. The molecule has 1 N–H and O–H groups in total. The van der Waals surface area contributed by atoms with Crippen LogP contribution in [0.5, 0.6) is 0 Å². The Morgan fingerprint density at radius 1 is 1.50 bits per heavy atom. The van der Waals surface area contributed by atoms with E-state index in [4.69, 9.17) is 0 Å². The fourth-order valence-electron chi connectivity index (χ4n) is 2.96. The van der Waals surface area contributed by atoms with Gasteiger partial charge in [0.15, 0.2) is 0 Å². The fourth-order valence-corrected chi connectivity index (χ4v) is 3.66. The molecule has 1 fully saturated rings. The SMILES string of the molecule is CNC(=O)c1ccn([C@H]2CCCN(CCc3cccs3)C2)n1. The number of thiophene rings is 1. The number of hydrogen-bond acceptors (Lipinski definition) is 4. The first kappa shape index (κ1) is 15.2. The molecule has 1 aliphatic heterocycles. The average Bonchev–Trinajstić information content (AvgIpc) is 3.24. The van der Waals surface area contributed by atoms with Gasteiger partial charge in [-0.1, -0.05) is 6.07 Å². The van der Waals surface area contributed by atoms with Crippen molar-refractivity contribution in [1.29, 1.82) is 0 Å². The third kappa shape index (κ3) is 3.56. The van der Waals surface area contributed by atoms with Gasteiger partial charge in [0.2, 0.25) is 0 Å². The summed E-state index contributed by atoms with van der Waals surface area (Å²) in [4.78, 5) is 15.6. The lowest BCUT2D eigenvalue weighted by molar-refractivity contribution is 0.0956. The van der Waals surface area contributed by atoms with Gasteiger partial charge in [0.25, 0.3) is 5.91 Å². The summed E-state index contributed by atoms with van der Waals surface area (Å²) in [6.07, 6.45) is 5.36. The molecule has 0 aliphatic carbocycles. The zero-order valence-electron chi connectivity index (χ0n) is 12.9. The second kappa shape index (κ2) is 7.07. The highest BCUT2D eigenvalue weighted by Gasteiger charge is 2.22. The van der Waals surface area contributed by atoms with Crippen molar-refractivity contribution in [3.8, 4) is 0 Å². The van der Waals surface area contributed by atoms with Crippen LogP contribution >= 0.6 is 11.3 Å². The quantitative estimate of drug-likeness (QED) is 0.919. The molecule has 0 unspecified atom stereocenters. The van der Waals surface area contributed by atoms with Crippen molar-refractivity contribution in [2.75, 3.05) is 26.7 Å². The molecule has 6 heteroatoms. The van der Waals surface area contributed by atoms with Gasteiger partial charge in [0.05, 0.1) is 6.04 Å².